The van der Waals surface area contributed by atoms with Crippen LogP contribution >= 0.6 is 0 Å². The number of carbonyl (C=O) groups is 2. The smallest absolute Gasteiger partial charge is 0.306 e. The molecule has 0 fully saturated rings. The molecule has 1 atom stereocenters. The number of hydrogen-bond acceptors (Lipinski definition) is 3. The summed E-state index contributed by atoms with van der Waals surface area (Å²) in [6, 6.07) is 0. The van der Waals surface area contributed by atoms with E-state index in [0.29, 0.717) is 12.8 Å². The van der Waals surface area contributed by atoms with Crippen LogP contribution in [0.2, 0.25) is 0 Å². The second kappa shape index (κ2) is 34.4. The van der Waals surface area contributed by atoms with Gasteiger partial charge in [-0.05, 0) is 38.5 Å². The van der Waals surface area contributed by atoms with Gasteiger partial charge in [-0.1, -0.05) is 174 Å². The van der Waals surface area contributed by atoms with Gasteiger partial charge in [-0.3, -0.25) is 9.59 Å². The first-order valence-corrected chi connectivity index (χ1v) is 19.0. The van der Waals surface area contributed by atoms with Gasteiger partial charge >= 0.3 is 11.9 Å². The van der Waals surface area contributed by atoms with Crippen molar-refractivity contribution in [3.63, 3.8) is 0 Å². The predicted molar refractivity (Wildman–Crippen MR) is 181 cm³/mol. The monoisotopic (exact) mass is 595 g/mol. The Morgan fingerprint density at radius 3 is 1.07 bits per heavy atom. The van der Waals surface area contributed by atoms with E-state index in [-0.39, 0.29) is 12.1 Å². The third-order valence-corrected chi connectivity index (χ3v) is 8.83. The summed E-state index contributed by atoms with van der Waals surface area (Å²) in [7, 11) is 0. The first kappa shape index (κ1) is 40.9. The number of unbranched alkanes of at least 4 members (excludes halogenated alkanes) is 26. The molecule has 0 spiro atoms. The molecule has 4 nitrogen and oxygen atoms in total. The Hall–Kier alpha value is -1.06. The van der Waals surface area contributed by atoms with Gasteiger partial charge in [-0.15, -0.1) is 0 Å². The van der Waals surface area contributed by atoms with Crippen LogP contribution in [-0.2, 0) is 14.3 Å². The fourth-order valence-electron chi connectivity index (χ4n) is 6.01. The maximum Gasteiger partial charge on any atom is 0.306 e. The van der Waals surface area contributed by atoms with Crippen molar-refractivity contribution < 1.29 is 19.4 Å². The van der Waals surface area contributed by atoms with E-state index in [4.69, 9.17) is 9.84 Å². The number of ether oxygens (including phenoxy) is 1. The van der Waals surface area contributed by atoms with E-state index in [2.05, 4.69) is 13.8 Å². The van der Waals surface area contributed by atoms with Crippen LogP contribution in [0.4, 0.5) is 0 Å². The van der Waals surface area contributed by atoms with Crippen LogP contribution in [0.1, 0.15) is 226 Å². The summed E-state index contributed by atoms with van der Waals surface area (Å²) in [5.74, 6) is -0.655. The molecule has 0 bridgehead atoms. The maximum absolute atomic E-state index is 12.5. The first-order valence-electron chi connectivity index (χ1n) is 19.0. The average molecular weight is 595 g/mol. The van der Waals surface area contributed by atoms with Crippen LogP contribution in [0, 0.1) is 0 Å². The van der Waals surface area contributed by atoms with Gasteiger partial charge in [-0.2, -0.15) is 0 Å². The molecule has 250 valence electrons. The lowest BCUT2D eigenvalue weighted by atomic mass is 10.0. The highest BCUT2D eigenvalue weighted by atomic mass is 16.5. The van der Waals surface area contributed by atoms with Crippen LogP contribution in [-0.4, -0.2) is 23.1 Å². The third kappa shape index (κ3) is 33.4. The van der Waals surface area contributed by atoms with Crippen LogP contribution in [0.25, 0.3) is 0 Å². The summed E-state index contributed by atoms with van der Waals surface area (Å²) >= 11 is 0. The molecule has 0 saturated carbocycles. The van der Waals surface area contributed by atoms with Crippen molar-refractivity contribution >= 4 is 11.9 Å². The van der Waals surface area contributed by atoms with E-state index < -0.39 is 5.97 Å². The van der Waals surface area contributed by atoms with E-state index in [1.54, 1.807) is 0 Å². The third-order valence-electron chi connectivity index (χ3n) is 8.83. The quantitative estimate of drug-likeness (QED) is 0.0585. The highest BCUT2D eigenvalue weighted by Crippen LogP contribution is 2.19. The van der Waals surface area contributed by atoms with E-state index in [1.165, 1.54) is 148 Å². The lowest BCUT2D eigenvalue weighted by molar-refractivity contribution is -0.150. The minimum absolute atomic E-state index is 0.0258. The Morgan fingerprint density at radius 2 is 0.714 bits per heavy atom. The molecule has 1 N–H and O–H groups in total. The molecular weight excluding hydrogens is 520 g/mol. The lowest BCUT2D eigenvalue weighted by Crippen LogP contribution is -2.18. The highest BCUT2D eigenvalue weighted by Gasteiger charge is 2.14. The summed E-state index contributed by atoms with van der Waals surface area (Å²) in [5, 5.41) is 8.71. The van der Waals surface area contributed by atoms with Crippen LogP contribution < -0.4 is 0 Å². The van der Waals surface area contributed by atoms with Gasteiger partial charge in [-0.25, -0.2) is 0 Å². The van der Waals surface area contributed by atoms with Crippen molar-refractivity contribution in [2.75, 3.05) is 0 Å². The van der Waals surface area contributed by atoms with Crippen LogP contribution in [0.5, 0.6) is 0 Å². The van der Waals surface area contributed by atoms with Crippen molar-refractivity contribution in [1.29, 1.82) is 0 Å². The predicted octanol–water partition coefficient (Wildman–Crippen LogP) is 12.9. The molecule has 0 rings (SSSR count). The van der Waals surface area contributed by atoms with Crippen molar-refractivity contribution in [2.45, 2.75) is 232 Å². The topological polar surface area (TPSA) is 63.6 Å². The number of aliphatic carboxylic acids is 1. The van der Waals surface area contributed by atoms with Crippen LogP contribution in [0.3, 0.4) is 0 Å². The SMILES string of the molecule is CCCCCCCCCCCCCCCCCCCC(=O)OC(CCCCCC)CCCCCCCCCCC(=O)O. The van der Waals surface area contributed by atoms with E-state index in [1.807, 2.05) is 0 Å². The van der Waals surface area contributed by atoms with E-state index >= 15 is 0 Å². The molecule has 0 aliphatic carbocycles. The van der Waals surface area contributed by atoms with Crippen molar-refractivity contribution in [3.05, 3.63) is 0 Å². The van der Waals surface area contributed by atoms with Crippen LogP contribution in [0.15, 0.2) is 0 Å². The summed E-state index contributed by atoms with van der Waals surface area (Å²) < 4.78 is 5.96. The van der Waals surface area contributed by atoms with Gasteiger partial charge in [0.25, 0.3) is 0 Å². The molecule has 0 radical (unpaired) electrons. The zero-order chi connectivity index (χ0) is 30.8. The zero-order valence-electron chi connectivity index (χ0n) is 28.6. The second-order valence-corrected chi connectivity index (χ2v) is 13.1. The lowest BCUT2D eigenvalue weighted by Gasteiger charge is -2.18. The molecule has 0 aromatic rings. The normalized spacial score (nSPS) is 12.0. The molecule has 4 heteroatoms. The molecular formula is C38H74O4. The average Bonchev–Trinajstić information content (AvgIpc) is 2.97. The number of esters is 1. The molecule has 0 saturated heterocycles. The van der Waals surface area contributed by atoms with E-state index in [9.17, 15) is 9.59 Å². The van der Waals surface area contributed by atoms with Gasteiger partial charge in [0, 0.05) is 12.8 Å². The Bertz CT molecular complexity index is 561. The minimum atomic E-state index is -0.680. The number of carboxylic acids is 1. The molecule has 42 heavy (non-hydrogen) atoms. The van der Waals surface area contributed by atoms with Crippen molar-refractivity contribution in [3.8, 4) is 0 Å². The van der Waals surface area contributed by atoms with Gasteiger partial charge < -0.3 is 9.84 Å². The van der Waals surface area contributed by atoms with Gasteiger partial charge in [0.1, 0.15) is 6.10 Å². The van der Waals surface area contributed by atoms with Gasteiger partial charge in [0.2, 0.25) is 0 Å². The largest absolute Gasteiger partial charge is 0.481 e. The molecule has 0 aliphatic rings. The Kier molecular flexibility index (Phi) is 33.6. The van der Waals surface area contributed by atoms with Crippen molar-refractivity contribution in [1.82, 2.24) is 0 Å². The molecule has 0 amide bonds. The number of carbonyl (C=O) groups excluding carboxylic acids is 1. The Morgan fingerprint density at radius 1 is 0.429 bits per heavy atom. The maximum atomic E-state index is 12.5. The van der Waals surface area contributed by atoms with Gasteiger partial charge in [0.05, 0.1) is 0 Å². The Labute approximate surface area is 262 Å². The van der Waals surface area contributed by atoms with Gasteiger partial charge in [0.15, 0.2) is 0 Å². The number of carboxylic acid groups (broad SMARTS) is 1. The summed E-state index contributed by atoms with van der Waals surface area (Å²) in [4.78, 5) is 23.1. The van der Waals surface area contributed by atoms with E-state index in [0.717, 1.165) is 51.4 Å². The first-order chi connectivity index (χ1) is 20.6. The Balaban J connectivity index is 3.73. The summed E-state index contributed by atoms with van der Waals surface area (Å²) in [5.41, 5.74) is 0. The fourth-order valence-corrected chi connectivity index (χ4v) is 6.01. The minimum Gasteiger partial charge on any atom is -0.481 e. The summed E-state index contributed by atoms with van der Waals surface area (Å²) in [6.45, 7) is 4.53. The zero-order valence-corrected chi connectivity index (χ0v) is 28.6. The number of hydrogen-bond donors (Lipinski definition) is 1. The summed E-state index contributed by atoms with van der Waals surface area (Å²) in [6.07, 6.45) is 40.0. The molecule has 0 aliphatic heterocycles. The van der Waals surface area contributed by atoms with Crippen molar-refractivity contribution in [2.24, 2.45) is 0 Å². The number of rotatable bonds is 35. The highest BCUT2D eigenvalue weighted by molar-refractivity contribution is 5.69. The molecule has 0 aromatic heterocycles. The molecule has 0 aromatic carbocycles. The second-order valence-electron chi connectivity index (χ2n) is 13.1. The fraction of sp³-hybridized carbons (Fsp3) is 0.947. The molecule has 1 unspecified atom stereocenters. The standard InChI is InChI=1S/C38H74O4/c1-3-5-7-9-10-11-12-13-14-15-16-17-18-19-24-27-31-35-38(41)42-36(32-28-8-6-4-2)33-29-25-22-20-21-23-26-30-34-37(39)40/h36H,3-35H2,1-2H3,(H,39,40). The molecule has 0 heterocycles.